The molecule has 1 unspecified atom stereocenters. The fourth-order valence-corrected chi connectivity index (χ4v) is 2.76. The van der Waals surface area contributed by atoms with Crippen LogP contribution >= 0.6 is 0 Å². The van der Waals surface area contributed by atoms with Gasteiger partial charge in [-0.1, -0.05) is 12.1 Å². The van der Waals surface area contributed by atoms with Crippen LogP contribution in [0.5, 0.6) is 5.88 Å². The third-order valence-electron chi connectivity index (χ3n) is 4.11. The van der Waals surface area contributed by atoms with Crippen molar-refractivity contribution in [3.05, 3.63) is 65.7 Å². The molecule has 0 bridgehead atoms. The Morgan fingerprint density at radius 1 is 1.16 bits per heavy atom. The topological polar surface area (TPSA) is 64.9 Å². The van der Waals surface area contributed by atoms with Gasteiger partial charge in [0, 0.05) is 41.8 Å². The Morgan fingerprint density at radius 3 is 2.76 bits per heavy atom. The molecule has 0 aliphatic carbocycles. The van der Waals surface area contributed by atoms with Crippen LogP contribution in [0.1, 0.15) is 36.7 Å². The van der Waals surface area contributed by atoms with E-state index < -0.39 is 0 Å². The molecule has 0 radical (unpaired) electrons. The van der Waals surface area contributed by atoms with Gasteiger partial charge in [-0.3, -0.25) is 0 Å². The molecule has 3 heterocycles. The van der Waals surface area contributed by atoms with Crippen molar-refractivity contribution in [2.45, 2.75) is 33.4 Å². The largest absolute Gasteiger partial charge is 0.478 e. The number of hydrogen-bond acceptors (Lipinski definition) is 5. The molecule has 3 rings (SSSR count). The van der Waals surface area contributed by atoms with Crippen molar-refractivity contribution in [1.82, 2.24) is 25.1 Å². The third-order valence-corrected chi connectivity index (χ3v) is 4.11. The first-order valence-corrected chi connectivity index (χ1v) is 8.46. The van der Waals surface area contributed by atoms with Crippen LogP contribution < -0.4 is 10.1 Å². The van der Waals surface area contributed by atoms with Crippen molar-refractivity contribution in [3.63, 3.8) is 0 Å². The predicted molar refractivity (Wildman–Crippen MR) is 96.8 cm³/mol. The molecule has 6 heteroatoms. The minimum absolute atomic E-state index is 0.146. The van der Waals surface area contributed by atoms with Crippen molar-refractivity contribution >= 4 is 0 Å². The van der Waals surface area contributed by atoms with Crippen LogP contribution in [0.15, 0.2) is 48.9 Å². The molecule has 0 fully saturated rings. The fraction of sp³-hybridized carbons (Fsp3) is 0.316. The van der Waals surface area contributed by atoms with Crippen LogP contribution in [-0.4, -0.2) is 26.4 Å². The summed E-state index contributed by atoms with van der Waals surface area (Å²) in [5.41, 5.74) is 3.27. The monoisotopic (exact) mass is 337 g/mol. The second-order valence-electron chi connectivity index (χ2n) is 5.79. The summed E-state index contributed by atoms with van der Waals surface area (Å²) in [5, 5.41) is 8.01. The molecule has 0 spiro atoms. The highest BCUT2D eigenvalue weighted by Gasteiger charge is 2.15. The van der Waals surface area contributed by atoms with Crippen LogP contribution in [0, 0.1) is 6.92 Å². The van der Waals surface area contributed by atoms with Crippen molar-refractivity contribution in [2.24, 2.45) is 0 Å². The summed E-state index contributed by atoms with van der Waals surface area (Å²) in [5.74, 6) is 1.51. The Kier molecular flexibility index (Phi) is 5.40. The molecule has 0 aromatic carbocycles. The lowest BCUT2D eigenvalue weighted by molar-refractivity contribution is 0.321. The summed E-state index contributed by atoms with van der Waals surface area (Å²) in [4.78, 5) is 8.66. The van der Waals surface area contributed by atoms with E-state index in [4.69, 9.17) is 4.74 Å². The van der Waals surface area contributed by atoms with Gasteiger partial charge in [0.1, 0.15) is 0 Å². The number of pyridine rings is 2. The van der Waals surface area contributed by atoms with Gasteiger partial charge >= 0.3 is 0 Å². The van der Waals surface area contributed by atoms with Crippen molar-refractivity contribution in [1.29, 1.82) is 0 Å². The van der Waals surface area contributed by atoms with E-state index in [1.807, 2.05) is 48.1 Å². The van der Waals surface area contributed by atoms with Crippen molar-refractivity contribution in [2.75, 3.05) is 6.61 Å². The zero-order valence-electron chi connectivity index (χ0n) is 14.8. The lowest BCUT2D eigenvalue weighted by atomic mass is 10.1. The third kappa shape index (κ3) is 3.85. The van der Waals surface area contributed by atoms with Gasteiger partial charge in [-0.15, -0.1) is 0 Å². The van der Waals surface area contributed by atoms with E-state index in [0.717, 1.165) is 22.6 Å². The maximum absolute atomic E-state index is 5.58. The maximum atomic E-state index is 5.58. The minimum Gasteiger partial charge on any atom is -0.478 e. The van der Waals surface area contributed by atoms with E-state index in [1.54, 1.807) is 12.4 Å². The molecule has 0 saturated carbocycles. The Balaban J connectivity index is 1.72. The SMILES string of the molecule is CCOc1ncccc1CNC(C)c1cnn(-c2ccccn2)c1C. The molecule has 6 nitrogen and oxygen atoms in total. The summed E-state index contributed by atoms with van der Waals surface area (Å²) in [6.07, 6.45) is 5.42. The number of nitrogens with one attached hydrogen (secondary N) is 1. The van der Waals surface area contributed by atoms with Gasteiger partial charge in [-0.25, -0.2) is 14.6 Å². The van der Waals surface area contributed by atoms with E-state index in [-0.39, 0.29) is 6.04 Å². The fourth-order valence-electron chi connectivity index (χ4n) is 2.76. The first-order chi connectivity index (χ1) is 12.2. The lowest BCUT2D eigenvalue weighted by Gasteiger charge is -2.15. The van der Waals surface area contributed by atoms with Gasteiger partial charge < -0.3 is 10.1 Å². The summed E-state index contributed by atoms with van der Waals surface area (Å²) < 4.78 is 7.45. The van der Waals surface area contributed by atoms with Gasteiger partial charge in [0.05, 0.1) is 12.8 Å². The first kappa shape index (κ1) is 17.1. The van der Waals surface area contributed by atoms with E-state index in [0.29, 0.717) is 19.0 Å². The Morgan fingerprint density at radius 2 is 2.00 bits per heavy atom. The molecule has 0 aliphatic heterocycles. The van der Waals surface area contributed by atoms with Gasteiger partial charge in [0.2, 0.25) is 5.88 Å². The van der Waals surface area contributed by atoms with Crippen LogP contribution in [0.3, 0.4) is 0 Å². The second kappa shape index (κ2) is 7.90. The van der Waals surface area contributed by atoms with Crippen LogP contribution in [0.25, 0.3) is 5.82 Å². The second-order valence-corrected chi connectivity index (χ2v) is 5.79. The molecule has 1 atom stereocenters. The molecular weight excluding hydrogens is 314 g/mol. The van der Waals surface area contributed by atoms with E-state index in [9.17, 15) is 0 Å². The van der Waals surface area contributed by atoms with Crippen molar-refractivity contribution < 1.29 is 4.74 Å². The average Bonchev–Trinajstić information content (AvgIpc) is 3.03. The summed E-state index contributed by atoms with van der Waals surface area (Å²) in [6.45, 7) is 7.44. The molecule has 3 aromatic rings. The maximum Gasteiger partial charge on any atom is 0.217 e. The highest BCUT2D eigenvalue weighted by molar-refractivity contribution is 5.30. The summed E-state index contributed by atoms with van der Waals surface area (Å²) in [6, 6.07) is 9.91. The Hall–Kier alpha value is -2.73. The molecular formula is C19H23N5O. The number of rotatable bonds is 7. The standard InChI is InChI=1S/C19H23N5O/c1-4-25-19-16(8-7-11-21-19)12-22-14(2)17-13-23-24(15(17)3)18-9-5-6-10-20-18/h5-11,13-14,22H,4,12H2,1-3H3. The van der Waals surface area contributed by atoms with E-state index >= 15 is 0 Å². The normalized spacial score (nSPS) is 12.1. The number of nitrogens with zero attached hydrogens (tertiary/aromatic N) is 4. The van der Waals surface area contributed by atoms with E-state index in [1.165, 1.54) is 0 Å². The molecule has 130 valence electrons. The molecule has 3 aromatic heterocycles. The zero-order chi connectivity index (χ0) is 17.6. The summed E-state index contributed by atoms with van der Waals surface area (Å²) in [7, 11) is 0. The average molecular weight is 337 g/mol. The number of aromatic nitrogens is 4. The molecule has 25 heavy (non-hydrogen) atoms. The van der Waals surface area contributed by atoms with Gasteiger partial charge in [0.25, 0.3) is 0 Å². The van der Waals surface area contributed by atoms with Gasteiger partial charge in [-0.2, -0.15) is 5.10 Å². The van der Waals surface area contributed by atoms with Crippen LogP contribution in [-0.2, 0) is 6.54 Å². The predicted octanol–water partition coefficient (Wildman–Crippen LogP) is 3.22. The van der Waals surface area contributed by atoms with E-state index in [2.05, 4.69) is 34.2 Å². The van der Waals surface area contributed by atoms with Gasteiger partial charge in [0.15, 0.2) is 5.82 Å². The molecule has 0 aliphatic rings. The molecule has 0 amide bonds. The minimum atomic E-state index is 0.146. The smallest absolute Gasteiger partial charge is 0.217 e. The number of hydrogen-bond donors (Lipinski definition) is 1. The molecule has 1 N–H and O–H groups in total. The summed E-state index contributed by atoms with van der Waals surface area (Å²) >= 11 is 0. The molecule has 0 saturated heterocycles. The van der Waals surface area contributed by atoms with Crippen molar-refractivity contribution in [3.8, 4) is 11.7 Å². The number of ether oxygens (including phenoxy) is 1. The zero-order valence-corrected chi connectivity index (χ0v) is 14.8. The highest BCUT2D eigenvalue weighted by Crippen LogP contribution is 2.21. The van der Waals surface area contributed by atoms with Crippen LogP contribution in [0.2, 0.25) is 0 Å². The highest BCUT2D eigenvalue weighted by atomic mass is 16.5. The van der Waals surface area contributed by atoms with Gasteiger partial charge in [-0.05, 0) is 39.0 Å². The quantitative estimate of drug-likeness (QED) is 0.717. The lowest BCUT2D eigenvalue weighted by Crippen LogP contribution is -2.19. The Bertz CT molecular complexity index is 816. The Labute approximate surface area is 147 Å². The van der Waals surface area contributed by atoms with Crippen LogP contribution in [0.4, 0.5) is 0 Å². The first-order valence-electron chi connectivity index (χ1n) is 8.46.